The molecule has 2 N–H and O–H groups in total. The molecule has 2 saturated heterocycles. The van der Waals surface area contributed by atoms with Crippen molar-refractivity contribution in [2.45, 2.75) is 26.3 Å². The summed E-state index contributed by atoms with van der Waals surface area (Å²) in [6.07, 6.45) is 0.467. The summed E-state index contributed by atoms with van der Waals surface area (Å²) >= 11 is 0. The second-order valence-corrected chi connectivity index (χ2v) is 6.98. The van der Waals surface area contributed by atoms with Gasteiger partial charge in [0, 0.05) is 31.9 Å². The van der Waals surface area contributed by atoms with E-state index in [2.05, 4.69) is 5.32 Å². The average molecular weight is 317 g/mol. The number of piperazine rings is 1. The number of fused-ring (bicyclic) bond motifs is 1. The number of benzene rings is 1. The van der Waals surface area contributed by atoms with E-state index in [0.29, 0.717) is 13.0 Å². The molecule has 6 heteroatoms. The molecule has 1 aromatic carbocycles. The largest absolute Gasteiger partial charge is 0.481 e. The number of nitrogens with zero attached hydrogens (tertiary/aromatic N) is 2. The number of carboxylic acids is 1. The summed E-state index contributed by atoms with van der Waals surface area (Å²) in [4.78, 5) is 27.5. The van der Waals surface area contributed by atoms with Gasteiger partial charge in [-0.25, -0.2) is 4.79 Å². The molecule has 0 bridgehead atoms. The Balaban J connectivity index is 1.73. The van der Waals surface area contributed by atoms with Crippen molar-refractivity contribution in [3.8, 4) is 0 Å². The molecule has 2 aliphatic heterocycles. The van der Waals surface area contributed by atoms with Crippen molar-refractivity contribution in [1.82, 2.24) is 10.2 Å². The number of hydrogen-bond acceptors (Lipinski definition) is 3. The average Bonchev–Trinajstić information content (AvgIpc) is 2.85. The Hall–Kier alpha value is -2.08. The summed E-state index contributed by atoms with van der Waals surface area (Å²) < 4.78 is 0. The van der Waals surface area contributed by atoms with Crippen molar-refractivity contribution in [3.63, 3.8) is 0 Å². The summed E-state index contributed by atoms with van der Waals surface area (Å²) in [5.74, 6) is -0.805. The molecule has 2 fully saturated rings. The zero-order valence-electron chi connectivity index (χ0n) is 13.6. The summed E-state index contributed by atoms with van der Waals surface area (Å²) in [6.45, 7) is 6.58. The summed E-state index contributed by atoms with van der Waals surface area (Å²) in [5, 5.41) is 12.5. The Morgan fingerprint density at radius 3 is 2.65 bits per heavy atom. The Bertz CT molecular complexity index is 612. The van der Waals surface area contributed by atoms with E-state index >= 15 is 0 Å². The van der Waals surface area contributed by atoms with Gasteiger partial charge >= 0.3 is 12.0 Å². The normalized spacial score (nSPS) is 21.5. The van der Waals surface area contributed by atoms with Crippen molar-refractivity contribution >= 4 is 17.7 Å². The van der Waals surface area contributed by atoms with Gasteiger partial charge in [0.2, 0.25) is 0 Å². The second kappa shape index (κ2) is 5.85. The van der Waals surface area contributed by atoms with Crippen molar-refractivity contribution in [2.24, 2.45) is 5.41 Å². The smallest absolute Gasteiger partial charge is 0.324 e. The van der Waals surface area contributed by atoms with E-state index < -0.39 is 11.4 Å². The first-order valence-corrected chi connectivity index (χ1v) is 8.00. The number of carbonyl (C=O) groups is 2. The SMILES string of the molecule is CC(C)(Cc1ccc(N2C[C@@H]3CNCCN3C2=O)cc1)C(=O)O. The minimum atomic E-state index is -0.805. The quantitative estimate of drug-likeness (QED) is 0.884. The third kappa shape index (κ3) is 3.03. The lowest BCUT2D eigenvalue weighted by Gasteiger charge is -2.28. The van der Waals surface area contributed by atoms with Crippen LogP contribution in [0.2, 0.25) is 0 Å². The van der Waals surface area contributed by atoms with Gasteiger partial charge in [0.1, 0.15) is 0 Å². The zero-order chi connectivity index (χ0) is 16.6. The van der Waals surface area contributed by atoms with Crippen molar-refractivity contribution in [2.75, 3.05) is 31.1 Å². The third-order valence-electron chi connectivity index (χ3n) is 4.69. The number of aliphatic carboxylic acids is 1. The van der Waals surface area contributed by atoms with E-state index in [4.69, 9.17) is 0 Å². The lowest BCUT2D eigenvalue weighted by atomic mass is 9.86. The van der Waals surface area contributed by atoms with Crippen LogP contribution in [0, 0.1) is 5.41 Å². The number of carboxylic acid groups (broad SMARTS) is 1. The van der Waals surface area contributed by atoms with Gasteiger partial charge in [-0.3, -0.25) is 9.69 Å². The molecule has 124 valence electrons. The van der Waals surface area contributed by atoms with E-state index in [0.717, 1.165) is 30.9 Å². The number of urea groups is 1. The Morgan fingerprint density at radius 1 is 1.35 bits per heavy atom. The van der Waals surface area contributed by atoms with E-state index in [1.165, 1.54) is 0 Å². The maximum Gasteiger partial charge on any atom is 0.324 e. The summed E-state index contributed by atoms with van der Waals surface area (Å²) in [6, 6.07) is 7.97. The van der Waals surface area contributed by atoms with Crippen LogP contribution in [0.5, 0.6) is 0 Å². The van der Waals surface area contributed by atoms with Gasteiger partial charge in [-0.15, -0.1) is 0 Å². The second-order valence-electron chi connectivity index (χ2n) is 6.98. The molecule has 3 rings (SSSR count). The molecule has 2 heterocycles. The first-order chi connectivity index (χ1) is 10.9. The van der Waals surface area contributed by atoms with Crippen molar-refractivity contribution in [3.05, 3.63) is 29.8 Å². The molecule has 0 spiro atoms. The summed E-state index contributed by atoms with van der Waals surface area (Å²) in [5.41, 5.74) is 1.05. The Labute approximate surface area is 136 Å². The molecule has 0 saturated carbocycles. The minimum absolute atomic E-state index is 0.0649. The Morgan fingerprint density at radius 2 is 2.04 bits per heavy atom. The van der Waals surface area contributed by atoms with Crippen LogP contribution in [0.4, 0.5) is 10.5 Å². The number of carbonyl (C=O) groups excluding carboxylic acids is 1. The van der Waals surface area contributed by atoms with Crippen molar-refractivity contribution < 1.29 is 14.7 Å². The van der Waals surface area contributed by atoms with Gasteiger partial charge in [-0.1, -0.05) is 12.1 Å². The van der Waals surface area contributed by atoms with E-state index in [1.807, 2.05) is 34.1 Å². The molecule has 1 aromatic rings. The number of hydrogen-bond donors (Lipinski definition) is 2. The highest BCUT2D eigenvalue weighted by atomic mass is 16.4. The summed E-state index contributed by atoms with van der Waals surface area (Å²) in [7, 11) is 0. The molecule has 2 aliphatic rings. The van der Waals surface area contributed by atoms with Crippen LogP contribution in [0.25, 0.3) is 0 Å². The minimum Gasteiger partial charge on any atom is -0.481 e. The maximum atomic E-state index is 12.5. The molecule has 23 heavy (non-hydrogen) atoms. The first kappa shape index (κ1) is 15.8. The number of anilines is 1. The molecule has 6 nitrogen and oxygen atoms in total. The predicted octanol–water partition coefficient (Wildman–Crippen LogP) is 1.55. The molecule has 1 atom stereocenters. The van der Waals surface area contributed by atoms with Gasteiger partial charge in [0.15, 0.2) is 0 Å². The first-order valence-electron chi connectivity index (χ1n) is 8.00. The maximum absolute atomic E-state index is 12.5. The molecule has 0 aromatic heterocycles. The van der Waals surface area contributed by atoms with E-state index in [-0.39, 0.29) is 12.1 Å². The number of amides is 2. The standard InChI is InChI=1S/C17H23N3O3/c1-17(2,15(21)22)9-12-3-5-13(6-4-12)20-11-14-10-18-7-8-19(14)16(20)23/h3-6,14,18H,7-11H2,1-2H3,(H,21,22)/t14-/m0/s1. The molecule has 0 unspecified atom stereocenters. The molecular weight excluding hydrogens is 294 g/mol. The van der Waals surface area contributed by atoms with Gasteiger partial charge in [-0.05, 0) is 38.0 Å². The fourth-order valence-electron chi connectivity index (χ4n) is 3.22. The van der Waals surface area contributed by atoms with E-state index in [1.54, 1.807) is 13.8 Å². The van der Waals surface area contributed by atoms with Crippen LogP contribution in [-0.2, 0) is 11.2 Å². The monoisotopic (exact) mass is 317 g/mol. The molecule has 0 radical (unpaired) electrons. The van der Waals surface area contributed by atoms with Gasteiger partial charge in [-0.2, -0.15) is 0 Å². The van der Waals surface area contributed by atoms with Crippen LogP contribution in [-0.4, -0.2) is 54.2 Å². The third-order valence-corrected chi connectivity index (χ3v) is 4.69. The zero-order valence-corrected chi connectivity index (χ0v) is 13.6. The fourth-order valence-corrected chi connectivity index (χ4v) is 3.22. The number of rotatable bonds is 4. The van der Waals surface area contributed by atoms with Gasteiger partial charge in [0.05, 0.1) is 11.5 Å². The van der Waals surface area contributed by atoms with Crippen LogP contribution in [0.3, 0.4) is 0 Å². The fraction of sp³-hybridized carbons (Fsp3) is 0.529. The van der Waals surface area contributed by atoms with Crippen LogP contribution >= 0.6 is 0 Å². The van der Waals surface area contributed by atoms with Crippen LogP contribution in [0.15, 0.2) is 24.3 Å². The lowest BCUT2D eigenvalue weighted by molar-refractivity contribution is -0.146. The van der Waals surface area contributed by atoms with Gasteiger partial charge in [0.25, 0.3) is 0 Å². The highest BCUT2D eigenvalue weighted by Crippen LogP contribution is 2.27. The number of nitrogens with one attached hydrogen (secondary N) is 1. The highest BCUT2D eigenvalue weighted by Gasteiger charge is 2.39. The highest BCUT2D eigenvalue weighted by molar-refractivity contribution is 5.94. The van der Waals surface area contributed by atoms with Crippen molar-refractivity contribution in [1.29, 1.82) is 0 Å². The van der Waals surface area contributed by atoms with Crippen LogP contribution < -0.4 is 10.2 Å². The topological polar surface area (TPSA) is 72.9 Å². The molecule has 0 aliphatic carbocycles. The van der Waals surface area contributed by atoms with Crippen LogP contribution in [0.1, 0.15) is 19.4 Å². The molecular formula is C17H23N3O3. The van der Waals surface area contributed by atoms with E-state index in [9.17, 15) is 14.7 Å². The molecule has 2 amide bonds. The lowest BCUT2D eigenvalue weighted by Crippen LogP contribution is -2.49. The van der Waals surface area contributed by atoms with Gasteiger partial charge < -0.3 is 15.3 Å². The Kier molecular flexibility index (Phi) is 4.02. The predicted molar refractivity (Wildman–Crippen MR) is 87.7 cm³/mol.